The summed E-state index contributed by atoms with van der Waals surface area (Å²) in [4.78, 5) is 27.9. The van der Waals surface area contributed by atoms with Crippen molar-refractivity contribution in [3.63, 3.8) is 0 Å². The molecule has 4 rings (SSSR count). The van der Waals surface area contributed by atoms with Crippen molar-refractivity contribution < 1.29 is 9.53 Å². The summed E-state index contributed by atoms with van der Waals surface area (Å²) in [6, 6.07) is 14.8. The number of benzene rings is 2. The zero-order valence-electron chi connectivity index (χ0n) is 15.2. The third-order valence-corrected chi connectivity index (χ3v) is 4.94. The lowest BCUT2D eigenvalue weighted by molar-refractivity contribution is 0.0858. The molecule has 0 bridgehead atoms. The van der Waals surface area contributed by atoms with Crippen LogP contribution in [0.5, 0.6) is 0 Å². The molecule has 0 radical (unpaired) electrons. The highest BCUT2D eigenvalue weighted by Crippen LogP contribution is 2.23. The summed E-state index contributed by atoms with van der Waals surface area (Å²) >= 11 is 0. The minimum atomic E-state index is -0.110. The number of nitrogens with one attached hydrogen (secondary N) is 2. The quantitative estimate of drug-likeness (QED) is 0.747. The first-order valence-electron chi connectivity index (χ1n) is 9.24. The van der Waals surface area contributed by atoms with Crippen LogP contribution in [0.4, 0.5) is 0 Å². The maximum Gasteiger partial charge on any atom is 0.251 e. The summed E-state index contributed by atoms with van der Waals surface area (Å²) in [6.07, 6.45) is 2.16. The third kappa shape index (κ3) is 3.78. The topological polar surface area (TPSA) is 71.2 Å². The van der Waals surface area contributed by atoms with Crippen molar-refractivity contribution in [2.24, 2.45) is 0 Å². The molecule has 2 N–H and O–H groups in total. The summed E-state index contributed by atoms with van der Waals surface area (Å²) in [5.41, 5.74) is 4.06. The Balaban J connectivity index is 1.59. The van der Waals surface area contributed by atoms with Crippen molar-refractivity contribution in [1.29, 1.82) is 0 Å². The monoisotopic (exact) mass is 362 g/mol. The number of hydrogen-bond donors (Lipinski definition) is 2. The van der Waals surface area contributed by atoms with Crippen molar-refractivity contribution in [2.75, 3.05) is 13.2 Å². The molecule has 2 aromatic carbocycles. The van der Waals surface area contributed by atoms with Crippen LogP contribution in [0.15, 0.2) is 53.3 Å². The number of pyridine rings is 1. The van der Waals surface area contributed by atoms with Crippen molar-refractivity contribution in [1.82, 2.24) is 10.3 Å². The number of carbonyl (C=O) groups is 1. The summed E-state index contributed by atoms with van der Waals surface area (Å²) < 4.78 is 5.55. The number of hydrogen-bond acceptors (Lipinski definition) is 3. The maximum atomic E-state index is 12.5. The fraction of sp³-hybridized carbons (Fsp3) is 0.273. The van der Waals surface area contributed by atoms with E-state index in [4.69, 9.17) is 4.74 Å². The molecule has 0 aliphatic carbocycles. The molecule has 138 valence electrons. The minimum Gasteiger partial charge on any atom is -0.376 e. The van der Waals surface area contributed by atoms with Crippen LogP contribution in [0.3, 0.4) is 0 Å². The zero-order valence-corrected chi connectivity index (χ0v) is 15.2. The van der Waals surface area contributed by atoms with Gasteiger partial charge in [-0.1, -0.05) is 18.2 Å². The fourth-order valence-corrected chi connectivity index (χ4v) is 3.51. The average Bonchev–Trinajstić information content (AvgIpc) is 3.19. The second-order valence-corrected chi connectivity index (χ2v) is 7.00. The molecule has 5 heteroatoms. The Hall–Kier alpha value is -2.92. The van der Waals surface area contributed by atoms with Gasteiger partial charge in [0.2, 0.25) is 0 Å². The van der Waals surface area contributed by atoms with Crippen LogP contribution in [0, 0.1) is 6.92 Å². The maximum absolute atomic E-state index is 12.5. The lowest BCUT2D eigenvalue weighted by Crippen LogP contribution is -2.31. The second kappa shape index (κ2) is 7.37. The van der Waals surface area contributed by atoms with Gasteiger partial charge in [0.1, 0.15) is 0 Å². The van der Waals surface area contributed by atoms with E-state index in [-0.39, 0.29) is 17.4 Å². The molecule has 2 heterocycles. The Bertz CT molecular complexity index is 1050. The van der Waals surface area contributed by atoms with Gasteiger partial charge in [0.05, 0.1) is 6.10 Å². The Morgan fingerprint density at radius 1 is 1.19 bits per heavy atom. The van der Waals surface area contributed by atoms with Gasteiger partial charge in [-0.3, -0.25) is 9.59 Å². The summed E-state index contributed by atoms with van der Waals surface area (Å²) in [6.45, 7) is 3.18. The average molecular weight is 362 g/mol. The summed E-state index contributed by atoms with van der Waals surface area (Å²) in [5, 5.41) is 3.59. The normalized spacial score (nSPS) is 16.6. The highest BCUT2D eigenvalue weighted by atomic mass is 16.5. The molecule has 1 aromatic heterocycles. The van der Waals surface area contributed by atoms with Gasteiger partial charge in [-0.05, 0) is 55.2 Å². The predicted octanol–water partition coefficient (Wildman–Crippen LogP) is 3.41. The van der Waals surface area contributed by atoms with E-state index in [2.05, 4.69) is 10.3 Å². The highest BCUT2D eigenvalue weighted by molar-refractivity contribution is 5.96. The molecule has 0 spiro atoms. The molecular weight excluding hydrogens is 340 g/mol. The molecule has 1 fully saturated rings. The van der Waals surface area contributed by atoms with Crippen LogP contribution < -0.4 is 10.7 Å². The second-order valence-electron chi connectivity index (χ2n) is 7.00. The van der Waals surface area contributed by atoms with E-state index in [1.165, 1.54) is 0 Å². The number of aromatic nitrogens is 1. The van der Waals surface area contributed by atoms with Crippen LogP contribution in [0.2, 0.25) is 0 Å². The lowest BCUT2D eigenvalue weighted by Gasteiger charge is -2.11. The van der Waals surface area contributed by atoms with E-state index in [0.29, 0.717) is 17.5 Å². The van der Waals surface area contributed by atoms with Crippen LogP contribution >= 0.6 is 0 Å². The van der Waals surface area contributed by atoms with Crippen LogP contribution in [0.25, 0.3) is 22.0 Å². The molecule has 0 saturated carbocycles. The molecule has 1 saturated heterocycles. The summed E-state index contributed by atoms with van der Waals surface area (Å²) in [5.74, 6) is -0.110. The van der Waals surface area contributed by atoms with E-state index >= 15 is 0 Å². The van der Waals surface area contributed by atoms with Gasteiger partial charge in [-0.2, -0.15) is 0 Å². The van der Waals surface area contributed by atoms with Crippen LogP contribution in [-0.2, 0) is 4.74 Å². The highest BCUT2D eigenvalue weighted by Gasteiger charge is 2.17. The molecule has 1 unspecified atom stereocenters. The first-order valence-corrected chi connectivity index (χ1v) is 9.24. The van der Waals surface area contributed by atoms with Gasteiger partial charge in [0.25, 0.3) is 5.91 Å². The standard InChI is InChI=1S/C22H22N2O3/c1-14-10-21(25)19-12-16(7-8-20(19)24-14)15-4-2-5-17(11-15)22(26)23-13-18-6-3-9-27-18/h2,4-5,7-8,10-12,18H,3,6,9,13H2,1H3,(H,23,26)(H,24,25). The number of carbonyl (C=O) groups excluding carboxylic acids is 1. The Labute approximate surface area is 157 Å². The fourth-order valence-electron chi connectivity index (χ4n) is 3.51. The molecular formula is C22H22N2O3. The Morgan fingerprint density at radius 2 is 2.04 bits per heavy atom. The van der Waals surface area contributed by atoms with Crippen molar-refractivity contribution in [3.8, 4) is 11.1 Å². The van der Waals surface area contributed by atoms with E-state index in [1.807, 2.05) is 43.3 Å². The molecule has 3 aromatic rings. The lowest BCUT2D eigenvalue weighted by atomic mass is 10.0. The van der Waals surface area contributed by atoms with Crippen molar-refractivity contribution in [2.45, 2.75) is 25.9 Å². The van der Waals surface area contributed by atoms with Crippen molar-refractivity contribution >= 4 is 16.8 Å². The van der Waals surface area contributed by atoms with E-state index in [1.54, 1.807) is 12.1 Å². The molecule has 1 aliphatic heterocycles. The minimum absolute atomic E-state index is 0.00596. The van der Waals surface area contributed by atoms with E-state index < -0.39 is 0 Å². The number of H-pyrrole nitrogens is 1. The largest absolute Gasteiger partial charge is 0.376 e. The summed E-state index contributed by atoms with van der Waals surface area (Å²) in [7, 11) is 0. The number of ether oxygens (including phenoxy) is 1. The zero-order chi connectivity index (χ0) is 18.8. The van der Waals surface area contributed by atoms with Crippen LogP contribution in [-0.4, -0.2) is 30.1 Å². The van der Waals surface area contributed by atoms with Crippen LogP contribution in [0.1, 0.15) is 28.9 Å². The Kier molecular flexibility index (Phi) is 4.77. The van der Waals surface area contributed by atoms with E-state index in [0.717, 1.165) is 41.8 Å². The molecule has 27 heavy (non-hydrogen) atoms. The van der Waals surface area contributed by atoms with Crippen molar-refractivity contribution in [3.05, 3.63) is 70.0 Å². The first kappa shape index (κ1) is 17.5. The molecule has 1 amide bonds. The number of aromatic amines is 1. The first-order chi connectivity index (χ1) is 13.1. The van der Waals surface area contributed by atoms with Gasteiger partial charge >= 0.3 is 0 Å². The molecule has 5 nitrogen and oxygen atoms in total. The molecule has 1 aliphatic rings. The number of amides is 1. The van der Waals surface area contributed by atoms with Gasteiger partial charge in [0.15, 0.2) is 5.43 Å². The van der Waals surface area contributed by atoms with E-state index in [9.17, 15) is 9.59 Å². The smallest absolute Gasteiger partial charge is 0.251 e. The predicted molar refractivity (Wildman–Crippen MR) is 106 cm³/mol. The van der Waals surface area contributed by atoms with Gasteiger partial charge in [-0.25, -0.2) is 0 Å². The van der Waals surface area contributed by atoms with Gasteiger partial charge in [-0.15, -0.1) is 0 Å². The number of aryl methyl sites for hydroxylation is 1. The van der Waals surface area contributed by atoms with Gasteiger partial charge < -0.3 is 15.0 Å². The van der Waals surface area contributed by atoms with Gasteiger partial charge in [0, 0.05) is 41.4 Å². The molecule has 1 atom stereocenters. The third-order valence-electron chi connectivity index (χ3n) is 4.94. The Morgan fingerprint density at radius 3 is 2.85 bits per heavy atom. The number of fused-ring (bicyclic) bond motifs is 1. The SMILES string of the molecule is Cc1cc(=O)c2cc(-c3cccc(C(=O)NCC4CCCO4)c3)ccc2[nH]1. The number of rotatable bonds is 4.